The summed E-state index contributed by atoms with van der Waals surface area (Å²) in [5.41, 5.74) is -1.90. The van der Waals surface area contributed by atoms with Gasteiger partial charge in [-0.25, -0.2) is 9.67 Å². The molecule has 0 fully saturated rings. The van der Waals surface area contributed by atoms with Crippen molar-refractivity contribution in [2.75, 3.05) is 4.90 Å². The number of aryl methyl sites for hydroxylation is 2. The van der Waals surface area contributed by atoms with Crippen molar-refractivity contribution in [1.82, 2.24) is 35.0 Å². The number of halogens is 6. The molecule has 3 heterocycles. The largest absolute Gasteiger partial charge is 0.416 e. The van der Waals surface area contributed by atoms with Crippen LogP contribution in [-0.2, 0) is 39.0 Å². The molecule has 4 rings (SSSR count). The zero-order valence-electron chi connectivity index (χ0n) is 17.9. The maximum Gasteiger partial charge on any atom is 0.416 e. The van der Waals surface area contributed by atoms with Gasteiger partial charge in [0.1, 0.15) is 0 Å². The summed E-state index contributed by atoms with van der Waals surface area (Å²) in [6.07, 6.45) is -5.45. The van der Waals surface area contributed by atoms with Crippen LogP contribution in [0.4, 0.5) is 32.3 Å². The highest BCUT2D eigenvalue weighted by atomic mass is 19.4. The number of anilines is 1. The first-order valence-corrected chi connectivity index (χ1v) is 9.94. The van der Waals surface area contributed by atoms with Gasteiger partial charge >= 0.3 is 12.4 Å². The van der Waals surface area contributed by atoms with Crippen LogP contribution in [0, 0.1) is 6.20 Å². The molecule has 1 radical (unpaired) electrons. The second kappa shape index (κ2) is 8.57. The summed E-state index contributed by atoms with van der Waals surface area (Å²) in [7, 11) is 1.49. The summed E-state index contributed by atoms with van der Waals surface area (Å²) in [6.45, 7) is 2.15. The second-order valence-corrected chi connectivity index (χ2v) is 7.48. The fourth-order valence-electron chi connectivity index (χ4n) is 3.41. The Morgan fingerprint density at radius 1 is 0.971 bits per heavy atom. The third-order valence-corrected chi connectivity index (χ3v) is 4.94. The number of hydrogen-bond donors (Lipinski definition) is 0. The third-order valence-electron chi connectivity index (χ3n) is 4.94. The van der Waals surface area contributed by atoms with E-state index in [0.29, 0.717) is 35.3 Å². The molecular weight excluding hydrogens is 466 g/mol. The zero-order valence-corrected chi connectivity index (χ0v) is 17.9. The Morgan fingerprint density at radius 2 is 1.65 bits per heavy atom. The minimum Gasteiger partial charge on any atom is -0.329 e. The summed E-state index contributed by atoms with van der Waals surface area (Å²) in [4.78, 5) is 6.78. The van der Waals surface area contributed by atoms with E-state index in [4.69, 9.17) is 0 Å². The van der Waals surface area contributed by atoms with E-state index < -0.39 is 23.5 Å². The Hall–Kier alpha value is -3.71. The first-order chi connectivity index (χ1) is 15.9. The highest BCUT2D eigenvalue weighted by Crippen LogP contribution is 2.36. The van der Waals surface area contributed by atoms with Gasteiger partial charge in [0.2, 0.25) is 0 Å². The Balaban J connectivity index is 1.71. The van der Waals surface area contributed by atoms with E-state index in [1.165, 1.54) is 11.9 Å². The summed E-state index contributed by atoms with van der Waals surface area (Å²) >= 11 is 0. The Kier molecular flexibility index (Phi) is 5.91. The maximum atomic E-state index is 13.3. The maximum absolute atomic E-state index is 13.3. The molecule has 0 amide bonds. The van der Waals surface area contributed by atoms with Crippen molar-refractivity contribution in [3.05, 3.63) is 58.9 Å². The number of hydrogen-bond acceptors (Lipinski definition) is 6. The van der Waals surface area contributed by atoms with Crippen LogP contribution < -0.4 is 4.90 Å². The fraction of sp³-hybridized carbons (Fsp3) is 0.350. The lowest BCUT2D eigenvalue weighted by atomic mass is 10.0. The first kappa shape index (κ1) is 23.4. The molecule has 8 nitrogen and oxygen atoms in total. The highest BCUT2D eigenvalue weighted by molar-refractivity contribution is 5.74. The van der Waals surface area contributed by atoms with Gasteiger partial charge in [-0.05, 0) is 42.0 Å². The molecule has 0 aliphatic rings. The summed E-state index contributed by atoms with van der Waals surface area (Å²) in [5, 5.41) is 16.5. The molecule has 179 valence electrons. The van der Waals surface area contributed by atoms with Crippen molar-refractivity contribution in [3.63, 3.8) is 0 Å². The molecule has 0 saturated carbocycles. The lowest BCUT2D eigenvalue weighted by Gasteiger charge is -2.22. The molecule has 34 heavy (non-hydrogen) atoms. The van der Waals surface area contributed by atoms with Crippen LogP contribution in [0.15, 0.2) is 30.5 Å². The third kappa shape index (κ3) is 4.94. The van der Waals surface area contributed by atoms with E-state index >= 15 is 0 Å². The van der Waals surface area contributed by atoms with Crippen LogP contribution >= 0.6 is 0 Å². The van der Waals surface area contributed by atoms with E-state index in [1.54, 1.807) is 16.9 Å². The minimum atomic E-state index is -4.95. The van der Waals surface area contributed by atoms with Gasteiger partial charge in [0.05, 0.1) is 30.6 Å². The zero-order chi connectivity index (χ0) is 24.7. The summed E-state index contributed by atoms with van der Waals surface area (Å²) in [5.74, 6) is 0.0196. The van der Waals surface area contributed by atoms with E-state index in [0.717, 1.165) is 4.80 Å². The quantitative estimate of drug-likeness (QED) is 0.386. The van der Waals surface area contributed by atoms with Crippen LogP contribution in [-0.4, -0.2) is 35.0 Å². The van der Waals surface area contributed by atoms with Gasteiger partial charge in [0.25, 0.3) is 5.95 Å². The van der Waals surface area contributed by atoms with Crippen molar-refractivity contribution < 1.29 is 26.3 Å². The van der Waals surface area contributed by atoms with Crippen molar-refractivity contribution in [2.24, 2.45) is 7.05 Å². The average molecular weight is 483 g/mol. The van der Waals surface area contributed by atoms with Gasteiger partial charge in [-0.2, -0.15) is 36.2 Å². The molecule has 0 aliphatic heterocycles. The number of nitrogens with zero attached hydrogens (tertiary/aromatic N) is 8. The van der Waals surface area contributed by atoms with Crippen LogP contribution in [0.2, 0.25) is 0 Å². The normalized spacial score (nSPS) is 12.5. The van der Waals surface area contributed by atoms with Crippen molar-refractivity contribution in [3.8, 4) is 0 Å². The molecule has 0 aliphatic carbocycles. The smallest absolute Gasteiger partial charge is 0.329 e. The van der Waals surface area contributed by atoms with Gasteiger partial charge in [0.15, 0.2) is 5.65 Å². The molecule has 0 saturated heterocycles. The number of aromatic nitrogens is 7. The van der Waals surface area contributed by atoms with E-state index in [2.05, 4.69) is 31.7 Å². The Bertz CT molecular complexity index is 1270. The predicted octanol–water partition coefficient (Wildman–Crippen LogP) is 4.02. The molecule has 0 unspecified atom stereocenters. The number of benzene rings is 1. The standard InChI is InChI=1S/C20H17F6N8/c1-3-34-17-14(9-28-34)4-13(8-27-17)11-33(18-29-31-32(2)30-18)10-12-5-15(19(21,22)23)7-16(6-12)20(24,25)26/h4-7,9H,3,10-11H2,1-2H3. The lowest BCUT2D eigenvalue weighted by molar-refractivity contribution is -0.143. The van der Waals surface area contributed by atoms with Crippen molar-refractivity contribution >= 4 is 17.0 Å². The van der Waals surface area contributed by atoms with Crippen LogP contribution in [0.1, 0.15) is 29.2 Å². The van der Waals surface area contributed by atoms with Gasteiger partial charge in [-0.1, -0.05) is 5.10 Å². The molecule has 14 heteroatoms. The van der Waals surface area contributed by atoms with Crippen LogP contribution in [0.5, 0.6) is 0 Å². The van der Waals surface area contributed by atoms with Gasteiger partial charge in [-0.15, -0.1) is 5.10 Å². The van der Waals surface area contributed by atoms with Crippen molar-refractivity contribution in [2.45, 2.75) is 38.9 Å². The van der Waals surface area contributed by atoms with Crippen LogP contribution in [0.25, 0.3) is 11.0 Å². The molecule has 3 aromatic heterocycles. The van der Waals surface area contributed by atoms with E-state index in [9.17, 15) is 26.3 Å². The van der Waals surface area contributed by atoms with Gasteiger partial charge < -0.3 is 4.90 Å². The monoisotopic (exact) mass is 483 g/mol. The van der Waals surface area contributed by atoms with E-state index in [1.807, 2.05) is 6.92 Å². The molecule has 0 bridgehead atoms. The van der Waals surface area contributed by atoms with Crippen LogP contribution in [0.3, 0.4) is 0 Å². The highest BCUT2D eigenvalue weighted by Gasteiger charge is 2.37. The summed E-state index contributed by atoms with van der Waals surface area (Å²) in [6, 6.07) is 3.17. The molecule has 1 aromatic carbocycles. The van der Waals surface area contributed by atoms with Gasteiger partial charge in [-0.3, -0.25) is 0 Å². The SMILES string of the molecule is CCn1ncc2cc(CN(Cc3cc(C(F)(F)F)cc(C(F)(F)F)c3)c3nnn(C)n3)[c]nc21. The fourth-order valence-corrected chi connectivity index (χ4v) is 3.41. The number of fused-ring (bicyclic) bond motifs is 1. The molecule has 0 spiro atoms. The van der Waals surface area contributed by atoms with E-state index in [-0.39, 0.29) is 30.7 Å². The number of tetrazole rings is 1. The Morgan fingerprint density at radius 3 is 2.21 bits per heavy atom. The van der Waals surface area contributed by atoms with Gasteiger partial charge in [0, 0.05) is 30.6 Å². The second-order valence-electron chi connectivity index (χ2n) is 7.48. The molecule has 4 aromatic rings. The number of alkyl halides is 6. The van der Waals surface area contributed by atoms with Crippen molar-refractivity contribution in [1.29, 1.82) is 0 Å². The number of pyridine rings is 1. The average Bonchev–Trinajstić information content (AvgIpc) is 3.37. The lowest BCUT2D eigenvalue weighted by Crippen LogP contribution is -2.24. The molecule has 0 N–H and O–H groups in total. The first-order valence-electron chi connectivity index (χ1n) is 9.94. The predicted molar refractivity (Wildman–Crippen MR) is 107 cm³/mol. The minimum absolute atomic E-state index is 0.00351. The summed E-state index contributed by atoms with van der Waals surface area (Å²) < 4.78 is 81.4. The Labute approximate surface area is 188 Å². The molecule has 0 atom stereocenters. The molecular formula is C20H17F6N8. The number of rotatable bonds is 6. The topological polar surface area (TPSA) is 77.5 Å².